The molecule has 2 fully saturated rings. The summed E-state index contributed by atoms with van der Waals surface area (Å²) in [5, 5.41) is 14.8. The molecule has 2 saturated heterocycles. The molecule has 2 heterocycles. The number of carbonyl (C=O) groups excluding carboxylic acids is 1. The summed E-state index contributed by atoms with van der Waals surface area (Å²) in [6.45, 7) is 5.08. The number of rotatable bonds is 3. The maximum absolute atomic E-state index is 13.7. The van der Waals surface area contributed by atoms with Crippen molar-refractivity contribution in [2.75, 3.05) is 39.4 Å². The molecule has 0 spiro atoms. The Labute approximate surface area is 162 Å². The highest BCUT2D eigenvalue weighted by Crippen LogP contribution is 2.22. The summed E-state index contributed by atoms with van der Waals surface area (Å²) in [4.78, 5) is 34.8. The average molecular weight is 396 g/mol. The van der Waals surface area contributed by atoms with Gasteiger partial charge in [-0.2, -0.15) is 0 Å². The number of morpholine rings is 1. The topological polar surface area (TPSA) is 107 Å². The fourth-order valence-electron chi connectivity index (χ4n) is 3.25. The molecule has 0 aliphatic carbocycles. The van der Waals surface area contributed by atoms with E-state index in [0.717, 1.165) is 31.5 Å². The lowest BCUT2D eigenvalue weighted by molar-refractivity contribution is -0.159. The number of piperidine rings is 1. The van der Waals surface area contributed by atoms with Crippen molar-refractivity contribution >= 4 is 17.8 Å². The standard InChI is InChI=1S/C17H23FN2O2.C2H2O4/c18-16-4-2-1-3-15(16)13-19-7-5-14(6-8-19)17(21)20-9-11-22-12-10-20;3-1(4)2(5)6/h1-4,14H,5-13H2;(H,3,4)(H,5,6). The fraction of sp³-hybridized carbons (Fsp3) is 0.526. The highest BCUT2D eigenvalue weighted by Gasteiger charge is 2.29. The molecule has 2 aliphatic rings. The minimum atomic E-state index is -1.82. The van der Waals surface area contributed by atoms with E-state index >= 15 is 0 Å². The van der Waals surface area contributed by atoms with Crippen LogP contribution in [0.2, 0.25) is 0 Å². The molecule has 0 bridgehead atoms. The second-order valence-electron chi connectivity index (χ2n) is 6.69. The Kier molecular flexibility index (Phi) is 8.34. The molecule has 0 radical (unpaired) electrons. The van der Waals surface area contributed by atoms with Crippen molar-refractivity contribution in [3.8, 4) is 0 Å². The van der Waals surface area contributed by atoms with Gasteiger partial charge in [-0.3, -0.25) is 9.69 Å². The lowest BCUT2D eigenvalue weighted by Crippen LogP contribution is -2.46. The van der Waals surface area contributed by atoms with Crippen LogP contribution in [0.3, 0.4) is 0 Å². The van der Waals surface area contributed by atoms with Crippen molar-refractivity contribution in [1.29, 1.82) is 0 Å². The number of ether oxygens (including phenoxy) is 1. The summed E-state index contributed by atoms with van der Waals surface area (Å²) in [6, 6.07) is 6.92. The molecular weight excluding hydrogens is 371 g/mol. The van der Waals surface area contributed by atoms with Crippen LogP contribution >= 0.6 is 0 Å². The highest BCUT2D eigenvalue weighted by molar-refractivity contribution is 6.27. The van der Waals surface area contributed by atoms with E-state index in [4.69, 9.17) is 24.5 Å². The Morgan fingerprint density at radius 2 is 1.57 bits per heavy atom. The monoisotopic (exact) mass is 396 g/mol. The van der Waals surface area contributed by atoms with Gasteiger partial charge in [0.2, 0.25) is 5.91 Å². The van der Waals surface area contributed by atoms with Crippen molar-refractivity contribution in [1.82, 2.24) is 9.80 Å². The number of halogens is 1. The molecule has 0 saturated carbocycles. The van der Waals surface area contributed by atoms with E-state index in [2.05, 4.69) is 4.90 Å². The first kappa shape index (κ1) is 21.8. The maximum atomic E-state index is 13.7. The van der Waals surface area contributed by atoms with Gasteiger partial charge in [-0.1, -0.05) is 18.2 Å². The van der Waals surface area contributed by atoms with Crippen molar-refractivity contribution in [2.45, 2.75) is 19.4 Å². The van der Waals surface area contributed by atoms with Gasteiger partial charge in [0.25, 0.3) is 0 Å². The van der Waals surface area contributed by atoms with Gasteiger partial charge in [0.15, 0.2) is 0 Å². The Balaban J connectivity index is 0.000000409. The zero-order valence-corrected chi connectivity index (χ0v) is 15.6. The van der Waals surface area contributed by atoms with Crippen LogP contribution in [0.15, 0.2) is 24.3 Å². The fourth-order valence-corrected chi connectivity index (χ4v) is 3.25. The lowest BCUT2D eigenvalue weighted by Gasteiger charge is -2.35. The van der Waals surface area contributed by atoms with E-state index < -0.39 is 11.9 Å². The Morgan fingerprint density at radius 1 is 1.00 bits per heavy atom. The van der Waals surface area contributed by atoms with Gasteiger partial charge < -0.3 is 19.8 Å². The largest absolute Gasteiger partial charge is 0.473 e. The van der Waals surface area contributed by atoms with Crippen molar-refractivity contribution in [2.24, 2.45) is 5.92 Å². The smallest absolute Gasteiger partial charge is 0.414 e. The van der Waals surface area contributed by atoms with Gasteiger partial charge in [-0.05, 0) is 32.0 Å². The summed E-state index contributed by atoms with van der Waals surface area (Å²) in [7, 11) is 0. The quantitative estimate of drug-likeness (QED) is 0.736. The molecule has 9 heteroatoms. The zero-order valence-electron chi connectivity index (χ0n) is 15.6. The van der Waals surface area contributed by atoms with E-state index in [1.54, 1.807) is 6.07 Å². The number of hydrogen-bond acceptors (Lipinski definition) is 5. The van der Waals surface area contributed by atoms with Crippen LogP contribution in [0.4, 0.5) is 4.39 Å². The number of aliphatic carboxylic acids is 2. The minimum absolute atomic E-state index is 0.120. The van der Waals surface area contributed by atoms with E-state index in [1.807, 2.05) is 17.0 Å². The Bertz CT molecular complexity index is 673. The number of amides is 1. The first-order chi connectivity index (χ1) is 13.4. The Morgan fingerprint density at radius 3 is 2.11 bits per heavy atom. The molecule has 28 heavy (non-hydrogen) atoms. The second-order valence-corrected chi connectivity index (χ2v) is 6.69. The summed E-state index contributed by atoms with van der Waals surface area (Å²) >= 11 is 0. The third-order valence-electron chi connectivity index (χ3n) is 4.79. The van der Waals surface area contributed by atoms with Gasteiger partial charge in [-0.15, -0.1) is 0 Å². The van der Waals surface area contributed by atoms with Gasteiger partial charge in [-0.25, -0.2) is 14.0 Å². The third kappa shape index (κ3) is 6.58. The minimum Gasteiger partial charge on any atom is -0.473 e. The van der Waals surface area contributed by atoms with E-state index in [9.17, 15) is 9.18 Å². The molecular formula is C19H25FN2O6. The van der Waals surface area contributed by atoms with Crippen LogP contribution in [0, 0.1) is 11.7 Å². The molecule has 0 unspecified atom stereocenters. The predicted octanol–water partition coefficient (Wildman–Crippen LogP) is 1.05. The van der Waals surface area contributed by atoms with E-state index in [0.29, 0.717) is 32.8 Å². The SMILES string of the molecule is O=C(C1CCN(Cc2ccccc2F)CC1)N1CCOCC1.O=C(O)C(=O)O. The highest BCUT2D eigenvalue weighted by atomic mass is 19.1. The van der Waals surface area contributed by atoms with E-state index in [1.165, 1.54) is 6.07 Å². The molecule has 3 rings (SSSR count). The molecule has 0 aromatic heterocycles. The van der Waals surface area contributed by atoms with Crippen LogP contribution in [-0.4, -0.2) is 77.3 Å². The molecule has 1 aromatic carbocycles. The third-order valence-corrected chi connectivity index (χ3v) is 4.79. The summed E-state index contributed by atoms with van der Waals surface area (Å²) in [6.07, 6.45) is 1.73. The molecule has 1 amide bonds. The van der Waals surface area contributed by atoms with Gasteiger partial charge in [0, 0.05) is 31.1 Å². The van der Waals surface area contributed by atoms with Crippen LogP contribution in [-0.2, 0) is 25.7 Å². The van der Waals surface area contributed by atoms with Crippen molar-refractivity contribution in [3.63, 3.8) is 0 Å². The lowest BCUT2D eigenvalue weighted by atomic mass is 9.94. The predicted molar refractivity (Wildman–Crippen MR) is 97.1 cm³/mol. The number of carbonyl (C=O) groups is 3. The number of nitrogens with zero attached hydrogens (tertiary/aromatic N) is 2. The average Bonchev–Trinajstić information content (AvgIpc) is 2.71. The number of likely N-dealkylation sites (tertiary alicyclic amines) is 1. The molecule has 1 aromatic rings. The summed E-state index contributed by atoms with van der Waals surface area (Å²) < 4.78 is 19.0. The van der Waals surface area contributed by atoms with Gasteiger partial charge in [0.1, 0.15) is 5.82 Å². The van der Waals surface area contributed by atoms with Crippen LogP contribution in [0.1, 0.15) is 18.4 Å². The van der Waals surface area contributed by atoms with Gasteiger partial charge in [0.05, 0.1) is 13.2 Å². The Hall–Kier alpha value is -2.52. The summed E-state index contributed by atoms with van der Waals surface area (Å²) in [5.74, 6) is -3.40. The number of carboxylic acid groups (broad SMARTS) is 2. The van der Waals surface area contributed by atoms with Crippen LogP contribution in [0.5, 0.6) is 0 Å². The number of benzene rings is 1. The molecule has 154 valence electrons. The first-order valence-electron chi connectivity index (χ1n) is 9.17. The van der Waals surface area contributed by atoms with E-state index in [-0.39, 0.29) is 17.6 Å². The molecule has 2 aliphatic heterocycles. The molecule has 2 N–H and O–H groups in total. The second kappa shape index (κ2) is 10.7. The molecule has 0 atom stereocenters. The van der Waals surface area contributed by atoms with Gasteiger partial charge >= 0.3 is 11.9 Å². The molecule has 8 nitrogen and oxygen atoms in total. The number of hydrogen-bond donors (Lipinski definition) is 2. The van der Waals surface area contributed by atoms with Crippen LogP contribution < -0.4 is 0 Å². The van der Waals surface area contributed by atoms with Crippen molar-refractivity contribution < 1.29 is 33.7 Å². The number of carboxylic acids is 2. The normalized spacial score (nSPS) is 18.1. The first-order valence-corrected chi connectivity index (χ1v) is 9.17. The van der Waals surface area contributed by atoms with Crippen LogP contribution in [0.25, 0.3) is 0 Å². The summed E-state index contributed by atoms with van der Waals surface area (Å²) in [5.41, 5.74) is 0.737. The maximum Gasteiger partial charge on any atom is 0.414 e. The zero-order chi connectivity index (χ0) is 20.5. The van der Waals surface area contributed by atoms with Crippen molar-refractivity contribution in [3.05, 3.63) is 35.6 Å².